The second kappa shape index (κ2) is 5.45. The van der Waals surface area contributed by atoms with Gasteiger partial charge in [-0.25, -0.2) is 4.98 Å². The molecule has 0 aliphatic rings. The lowest BCUT2D eigenvalue weighted by Crippen LogP contribution is -1.94. The maximum Gasteiger partial charge on any atom is 0.204 e. The van der Waals surface area contributed by atoms with Crippen LogP contribution in [-0.4, -0.2) is 9.55 Å². The highest BCUT2D eigenvalue weighted by Crippen LogP contribution is 2.19. The normalized spacial score (nSPS) is 11.0. The highest BCUT2D eigenvalue weighted by Gasteiger charge is 2.04. The summed E-state index contributed by atoms with van der Waals surface area (Å²) in [5, 5.41) is 0. The number of hydrogen-bond acceptors (Lipinski definition) is 2. The Kier molecular flexibility index (Phi) is 3.33. The Labute approximate surface area is 118 Å². The van der Waals surface area contributed by atoms with Gasteiger partial charge in [0.15, 0.2) is 0 Å². The summed E-state index contributed by atoms with van der Waals surface area (Å²) < 4.78 is 1.83. The summed E-state index contributed by atoms with van der Waals surface area (Å²) in [5.74, 6) is 0.482. The molecule has 3 rings (SSSR count). The Morgan fingerprint density at radius 1 is 0.900 bits per heavy atom. The summed E-state index contributed by atoms with van der Waals surface area (Å²) in [7, 11) is 0. The lowest BCUT2D eigenvalue weighted by Gasteiger charge is -1.95. The van der Waals surface area contributed by atoms with E-state index in [-0.39, 0.29) is 0 Å². The van der Waals surface area contributed by atoms with Crippen molar-refractivity contribution in [2.75, 3.05) is 5.73 Å². The van der Waals surface area contributed by atoms with Crippen LogP contribution in [0.2, 0.25) is 0 Å². The number of aromatic nitrogens is 2. The predicted molar refractivity (Wildman–Crippen MR) is 83.7 cm³/mol. The minimum absolute atomic E-state index is 0.482. The molecule has 0 aliphatic carbocycles. The summed E-state index contributed by atoms with van der Waals surface area (Å²) in [6.45, 7) is 0. The zero-order valence-corrected chi connectivity index (χ0v) is 11.0. The summed E-state index contributed by atoms with van der Waals surface area (Å²) in [6.07, 6.45) is 5.86. The van der Waals surface area contributed by atoms with Crippen LogP contribution in [0.1, 0.15) is 5.56 Å². The van der Waals surface area contributed by atoms with E-state index in [0.29, 0.717) is 5.95 Å². The van der Waals surface area contributed by atoms with Crippen LogP contribution < -0.4 is 5.73 Å². The van der Waals surface area contributed by atoms with E-state index in [1.54, 1.807) is 0 Å². The van der Waals surface area contributed by atoms with Crippen molar-refractivity contribution in [1.82, 2.24) is 9.55 Å². The molecule has 2 N–H and O–H groups in total. The van der Waals surface area contributed by atoms with Crippen LogP contribution in [0, 0.1) is 0 Å². The number of nitrogen functional groups attached to an aromatic ring is 1. The smallest absolute Gasteiger partial charge is 0.204 e. The molecule has 20 heavy (non-hydrogen) atoms. The van der Waals surface area contributed by atoms with Gasteiger partial charge in [-0.3, -0.25) is 4.57 Å². The maximum atomic E-state index is 5.94. The van der Waals surface area contributed by atoms with Gasteiger partial charge in [-0.05, 0) is 11.6 Å². The van der Waals surface area contributed by atoms with Crippen molar-refractivity contribution in [2.45, 2.75) is 0 Å². The molecule has 0 saturated heterocycles. The Hall–Kier alpha value is -2.81. The molecule has 0 amide bonds. The van der Waals surface area contributed by atoms with Crippen molar-refractivity contribution >= 4 is 18.2 Å². The first-order valence-corrected chi connectivity index (χ1v) is 6.46. The second-order valence-corrected chi connectivity index (χ2v) is 4.48. The van der Waals surface area contributed by atoms with Crippen LogP contribution in [0.5, 0.6) is 0 Å². The molecule has 0 radical (unpaired) electrons. The lowest BCUT2D eigenvalue weighted by atomic mass is 10.2. The molecule has 1 heterocycles. The third-order valence-electron chi connectivity index (χ3n) is 3.06. The highest BCUT2D eigenvalue weighted by molar-refractivity contribution is 5.66. The number of nitrogens with zero attached hydrogens (tertiary/aromatic N) is 2. The molecule has 0 bridgehead atoms. The molecule has 3 heteroatoms. The number of anilines is 1. The van der Waals surface area contributed by atoms with Crippen LogP contribution in [0.4, 0.5) is 5.95 Å². The quantitative estimate of drug-likeness (QED) is 0.780. The van der Waals surface area contributed by atoms with Crippen LogP contribution in [-0.2, 0) is 0 Å². The largest absolute Gasteiger partial charge is 0.369 e. The SMILES string of the molecule is Nc1nc(-c2ccccc2)cn1C=Cc1ccccc1. The zero-order valence-electron chi connectivity index (χ0n) is 11.0. The van der Waals surface area contributed by atoms with E-state index < -0.39 is 0 Å². The Bertz CT molecular complexity index is 713. The zero-order chi connectivity index (χ0) is 13.8. The van der Waals surface area contributed by atoms with Crippen molar-refractivity contribution in [2.24, 2.45) is 0 Å². The summed E-state index contributed by atoms with van der Waals surface area (Å²) >= 11 is 0. The van der Waals surface area contributed by atoms with Crippen molar-refractivity contribution in [3.05, 3.63) is 72.4 Å². The fraction of sp³-hybridized carbons (Fsp3) is 0. The molecule has 0 fully saturated rings. The van der Waals surface area contributed by atoms with E-state index in [2.05, 4.69) is 4.98 Å². The van der Waals surface area contributed by atoms with Gasteiger partial charge < -0.3 is 5.73 Å². The summed E-state index contributed by atoms with van der Waals surface area (Å²) in [5.41, 5.74) is 9.01. The van der Waals surface area contributed by atoms with Gasteiger partial charge in [-0.2, -0.15) is 0 Å². The Balaban J connectivity index is 1.89. The van der Waals surface area contributed by atoms with Gasteiger partial charge in [-0.15, -0.1) is 0 Å². The molecule has 0 aliphatic heterocycles. The first-order valence-electron chi connectivity index (χ1n) is 6.46. The standard InChI is InChI=1S/C17H15N3/c18-17-19-16(15-9-5-2-6-10-15)13-20(17)12-11-14-7-3-1-4-8-14/h1-13H,(H2,18,19). The van der Waals surface area contributed by atoms with Gasteiger partial charge in [0.05, 0.1) is 5.69 Å². The topological polar surface area (TPSA) is 43.8 Å². The van der Waals surface area contributed by atoms with Gasteiger partial charge in [0, 0.05) is 18.0 Å². The first kappa shape index (κ1) is 12.2. The molecule has 3 nitrogen and oxygen atoms in total. The van der Waals surface area contributed by atoms with Crippen molar-refractivity contribution in [3.8, 4) is 11.3 Å². The maximum absolute atomic E-state index is 5.94. The molecular weight excluding hydrogens is 246 g/mol. The predicted octanol–water partition coefficient (Wildman–Crippen LogP) is 3.76. The molecule has 98 valence electrons. The van der Waals surface area contributed by atoms with Crippen molar-refractivity contribution in [3.63, 3.8) is 0 Å². The molecular formula is C17H15N3. The molecule has 0 atom stereocenters. The van der Waals surface area contributed by atoms with E-state index in [0.717, 1.165) is 16.8 Å². The monoisotopic (exact) mass is 261 g/mol. The van der Waals surface area contributed by atoms with E-state index in [1.807, 2.05) is 83.7 Å². The van der Waals surface area contributed by atoms with Gasteiger partial charge >= 0.3 is 0 Å². The second-order valence-electron chi connectivity index (χ2n) is 4.48. The lowest BCUT2D eigenvalue weighted by molar-refractivity contribution is 1.16. The number of benzene rings is 2. The van der Waals surface area contributed by atoms with Gasteiger partial charge in [0.25, 0.3) is 0 Å². The number of hydrogen-bond donors (Lipinski definition) is 1. The van der Waals surface area contributed by atoms with Gasteiger partial charge in [0.2, 0.25) is 5.95 Å². The Morgan fingerprint density at radius 2 is 1.55 bits per heavy atom. The van der Waals surface area contributed by atoms with E-state index in [4.69, 9.17) is 5.73 Å². The fourth-order valence-corrected chi connectivity index (χ4v) is 2.01. The number of nitrogens with two attached hydrogens (primary N) is 1. The minimum atomic E-state index is 0.482. The number of rotatable bonds is 3. The van der Waals surface area contributed by atoms with Gasteiger partial charge in [0.1, 0.15) is 0 Å². The van der Waals surface area contributed by atoms with E-state index in [1.165, 1.54) is 0 Å². The molecule has 3 aromatic rings. The summed E-state index contributed by atoms with van der Waals surface area (Å²) in [6, 6.07) is 20.1. The van der Waals surface area contributed by atoms with E-state index in [9.17, 15) is 0 Å². The molecule has 0 unspecified atom stereocenters. The van der Waals surface area contributed by atoms with Gasteiger partial charge in [-0.1, -0.05) is 60.7 Å². The Morgan fingerprint density at radius 3 is 2.25 bits per heavy atom. The van der Waals surface area contributed by atoms with Crippen molar-refractivity contribution < 1.29 is 0 Å². The van der Waals surface area contributed by atoms with Crippen LogP contribution in [0.25, 0.3) is 23.5 Å². The highest BCUT2D eigenvalue weighted by atomic mass is 15.1. The summed E-state index contributed by atoms with van der Waals surface area (Å²) in [4.78, 5) is 4.38. The van der Waals surface area contributed by atoms with Crippen LogP contribution >= 0.6 is 0 Å². The molecule has 0 spiro atoms. The van der Waals surface area contributed by atoms with Crippen LogP contribution in [0.3, 0.4) is 0 Å². The first-order chi connectivity index (χ1) is 9.83. The third kappa shape index (κ3) is 2.62. The van der Waals surface area contributed by atoms with Crippen LogP contribution in [0.15, 0.2) is 66.9 Å². The third-order valence-corrected chi connectivity index (χ3v) is 3.06. The average molecular weight is 261 g/mol. The van der Waals surface area contributed by atoms with E-state index >= 15 is 0 Å². The minimum Gasteiger partial charge on any atom is -0.369 e. The average Bonchev–Trinajstić information content (AvgIpc) is 2.88. The number of imidazole rings is 1. The fourth-order valence-electron chi connectivity index (χ4n) is 2.01. The molecule has 1 aromatic heterocycles. The molecule has 0 saturated carbocycles. The van der Waals surface area contributed by atoms with Crippen molar-refractivity contribution in [1.29, 1.82) is 0 Å². The molecule has 2 aromatic carbocycles.